The molecular formula is C23H34ClN3O6S. The van der Waals surface area contributed by atoms with Crippen molar-refractivity contribution in [2.45, 2.75) is 61.4 Å². The van der Waals surface area contributed by atoms with Crippen molar-refractivity contribution in [1.82, 2.24) is 14.5 Å². The first-order valence-electron chi connectivity index (χ1n) is 12.0. The predicted octanol–water partition coefficient (Wildman–Crippen LogP) is 1.24. The summed E-state index contributed by atoms with van der Waals surface area (Å²) in [4.78, 5) is 14.9. The van der Waals surface area contributed by atoms with Crippen LogP contribution in [0.4, 0.5) is 0 Å². The van der Waals surface area contributed by atoms with E-state index in [9.17, 15) is 18.3 Å². The van der Waals surface area contributed by atoms with E-state index in [4.69, 9.17) is 21.1 Å². The Kier molecular flexibility index (Phi) is 8.84. The van der Waals surface area contributed by atoms with Crippen molar-refractivity contribution in [3.05, 3.63) is 29.3 Å². The molecule has 0 saturated carbocycles. The molecule has 3 saturated heterocycles. The number of halogens is 1. The van der Waals surface area contributed by atoms with Crippen LogP contribution in [0.5, 0.6) is 0 Å². The van der Waals surface area contributed by atoms with Crippen LogP contribution in [-0.2, 0) is 24.3 Å². The minimum absolute atomic E-state index is 0.0148. The third kappa shape index (κ3) is 6.48. The number of nitrogens with one attached hydrogen (secondary N) is 1. The van der Waals surface area contributed by atoms with E-state index in [2.05, 4.69) is 10.2 Å². The summed E-state index contributed by atoms with van der Waals surface area (Å²) in [5.74, 6) is -0.0597. The summed E-state index contributed by atoms with van der Waals surface area (Å²) < 4.78 is 40.0. The van der Waals surface area contributed by atoms with Crippen molar-refractivity contribution >= 4 is 27.5 Å². The Hall–Kier alpha value is -1.27. The van der Waals surface area contributed by atoms with E-state index in [1.54, 1.807) is 0 Å². The van der Waals surface area contributed by atoms with Crippen LogP contribution in [-0.4, -0.2) is 98.9 Å². The molecule has 9 nitrogen and oxygen atoms in total. The number of aliphatic hydroxyl groups excluding tert-OH is 1. The van der Waals surface area contributed by atoms with E-state index in [1.165, 1.54) is 41.4 Å². The summed E-state index contributed by atoms with van der Waals surface area (Å²) in [6.45, 7) is 3.74. The molecule has 3 aliphatic rings. The molecule has 0 aliphatic carbocycles. The number of ether oxygens (including phenoxy) is 2. The number of carbonyl (C=O) groups is 1. The average Bonchev–Trinajstić information content (AvgIpc) is 3.30. The zero-order valence-corrected chi connectivity index (χ0v) is 20.8. The van der Waals surface area contributed by atoms with Crippen molar-refractivity contribution in [3.63, 3.8) is 0 Å². The normalized spacial score (nSPS) is 29.2. The highest BCUT2D eigenvalue weighted by molar-refractivity contribution is 7.89. The minimum Gasteiger partial charge on any atom is -0.389 e. The lowest BCUT2D eigenvalue weighted by atomic mass is 9.96. The maximum Gasteiger partial charge on any atom is 0.243 e. The third-order valence-corrected chi connectivity index (χ3v) is 8.87. The summed E-state index contributed by atoms with van der Waals surface area (Å²) in [5.41, 5.74) is 0. The highest BCUT2D eigenvalue weighted by atomic mass is 35.5. The Morgan fingerprint density at radius 2 is 1.88 bits per heavy atom. The maximum absolute atomic E-state index is 13.5. The maximum atomic E-state index is 13.5. The molecule has 3 aliphatic heterocycles. The van der Waals surface area contributed by atoms with Crippen LogP contribution in [0.15, 0.2) is 29.2 Å². The first kappa shape index (κ1) is 25.8. The fraction of sp³-hybridized carbons (Fsp3) is 0.696. The van der Waals surface area contributed by atoms with Crippen LogP contribution in [0.1, 0.15) is 32.1 Å². The van der Waals surface area contributed by atoms with Gasteiger partial charge >= 0.3 is 0 Å². The zero-order chi connectivity index (χ0) is 24.1. The van der Waals surface area contributed by atoms with Gasteiger partial charge in [0.25, 0.3) is 0 Å². The Bertz CT molecular complexity index is 925. The van der Waals surface area contributed by atoms with Crippen LogP contribution in [0.25, 0.3) is 0 Å². The SMILES string of the molecule is O=C(C[C@H]1CC[C@@H]2[C@H](COC[C@H](O)CN2S(=O)(=O)c2ccc(Cl)cc2)O1)NCCN1CCCC1. The van der Waals surface area contributed by atoms with E-state index in [1.807, 2.05) is 0 Å². The number of hydrogen-bond donors (Lipinski definition) is 2. The van der Waals surface area contributed by atoms with Gasteiger partial charge in [-0.1, -0.05) is 11.6 Å². The van der Waals surface area contributed by atoms with Crippen LogP contribution >= 0.6 is 11.6 Å². The monoisotopic (exact) mass is 515 g/mol. The van der Waals surface area contributed by atoms with Gasteiger partial charge in [0, 0.05) is 24.7 Å². The lowest BCUT2D eigenvalue weighted by Gasteiger charge is -2.43. The topological polar surface area (TPSA) is 108 Å². The Morgan fingerprint density at radius 1 is 1.15 bits per heavy atom. The molecule has 1 aromatic rings. The van der Waals surface area contributed by atoms with Gasteiger partial charge in [0.05, 0.1) is 48.9 Å². The number of amides is 1. The number of aliphatic hydroxyl groups is 1. The summed E-state index contributed by atoms with van der Waals surface area (Å²) >= 11 is 5.93. The molecule has 190 valence electrons. The highest BCUT2D eigenvalue weighted by Crippen LogP contribution is 2.31. The number of β-amino-alcohol motifs (C(OH)–C–C–N with tert-alkyl or cyclic N) is 1. The molecule has 0 spiro atoms. The summed E-state index contributed by atoms with van der Waals surface area (Å²) in [6, 6.07) is 5.50. The minimum atomic E-state index is -3.89. The molecule has 0 aromatic heterocycles. The molecule has 0 radical (unpaired) electrons. The Morgan fingerprint density at radius 3 is 2.62 bits per heavy atom. The van der Waals surface area contributed by atoms with Gasteiger partial charge in [0.1, 0.15) is 0 Å². The van der Waals surface area contributed by atoms with Crippen LogP contribution in [0.3, 0.4) is 0 Å². The molecule has 2 N–H and O–H groups in total. The standard InChI is InChI=1S/C23H34ClN3O6S/c24-17-3-6-20(7-4-17)34(30,31)27-14-18(28)15-32-16-22-21(27)8-5-19(33-22)13-23(29)25-9-12-26-10-1-2-11-26/h3-4,6-7,18-19,21-22,28H,1-2,5,8-16H2,(H,25,29)/t18-,19-,21-,22+/m1/s1. The first-order chi connectivity index (χ1) is 16.3. The highest BCUT2D eigenvalue weighted by Gasteiger charge is 2.43. The van der Waals surface area contributed by atoms with Crippen LogP contribution in [0.2, 0.25) is 5.02 Å². The fourth-order valence-electron chi connectivity index (χ4n) is 4.95. The second kappa shape index (κ2) is 11.6. The van der Waals surface area contributed by atoms with Gasteiger partial charge in [-0.05, 0) is 63.0 Å². The summed E-state index contributed by atoms with van der Waals surface area (Å²) in [5, 5.41) is 13.7. The largest absolute Gasteiger partial charge is 0.389 e. The van der Waals surface area contributed by atoms with E-state index in [0.29, 0.717) is 24.4 Å². The second-order valence-corrected chi connectivity index (χ2v) is 11.6. The zero-order valence-electron chi connectivity index (χ0n) is 19.3. The average molecular weight is 516 g/mol. The summed E-state index contributed by atoms with van der Waals surface area (Å²) in [7, 11) is -3.89. The van der Waals surface area contributed by atoms with Crippen LogP contribution < -0.4 is 5.32 Å². The number of rotatable bonds is 7. The van der Waals surface area contributed by atoms with Gasteiger partial charge in [0.15, 0.2) is 0 Å². The van der Waals surface area contributed by atoms with Gasteiger partial charge < -0.3 is 24.8 Å². The third-order valence-electron chi connectivity index (χ3n) is 6.72. The van der Waals surface area contributed by atoms with Gasteiger partial charge in [-0.15, -0.1) is 0 Å². The Balaban J connectivity index is 1.38. The molecule has 0 unspecified atom stereocenters. The molecule has 4 atom stereocenters. The quantitative estimate of drug-likeness (QED) is 0.562. The van der Waals surface area contributed by atoms with Gasteiger partial charge in [-0.2, -0.15) is 4.31 Å². The molecule has 1 amide bonds. The van der Waals surface area contributed by atoms with E-state index in [-0.39, 0.29) is 43.1 Å². The lowest BCUT2D eigenvalue weighted by Crippen LogP contribution is -2.57. The number of hydrogen-bond acceptors (Lipinski definition) is 7. The number of carbonyl (C=O) groups excluding carboxylic acids is 1. The van der Waals surface area contributed by atoms with Crippen molar-refractivity contribution in [3.8, 4) is 0 Å². The molecule has 0 bridgehead atoms. The van der Waals surface area contributed by atoms with Crippen molar-refractivity contribution in [2.75, 3.05) is 45.9 Å². The first-order valence-corrected chi connectivity index (χ1v) is 13.8. The van der Waals surface area contributed by atoms with Crippen molar-refractivity contribution in [1.29, 1.82) is 0 Å². The molecule has 11 heteroatoms. The molecule has 34 heavy (non-hydrogen) atoms. The molecular weight excluding hydrogens is 482 g/mol. The number of likely N-dealkylation sites (tertiary alicyclic amines) is 1. The smallest absolute Gasteiger partial charge is 0.243 e. The van der Waals surface area contributed by atoms with E-state index < -0.39 is 28.3 Å². The molecule has 4 rings (SSSR count). The summed E-state index contributed by atoms with van der Waals surface area (Å²) in [6.07, 6.45) is 1.96. The van der Waals surface area contributed by atoms with E-state index >= 15 is 0 Å². The predicted molar refractivity (Wildman–Crippen MR) is 127 cm³/mol. The van der Waals surface area contributed by atoms with Crippen molar-refractivity contribution < 1.29 is 27.8 Å². The van der Waals surface area contributed by atoms with Gasteiger partial charge in [-0.25, -0.2) is 8.42 Å². The van der Waals surface area contributed by atoms with Gasteiger partial charge in [0.2, 0.25) is 15.9 Å². The fourth-order valence-corrected chi connectivity index (χ4v) is 6.79. The number of sulfonamides is 1. The van der Waals surface area contributed by atoms with Gasteiger partial charge in [-0.3, -0.25) is 4.79 Å². The van der Waals surface area contributed by atoms with Crippen LogP contribution in [0, 0.1) is 0 Å². The molecule has 3 heterocycles. The second-order valence-electron chi connectivity index (χ2n) is 9.26. The number of fused-ring (bicyclic) bond motifs is 1. The molecule has 3 fully saturated rings. The number of nitrogens with zero attached hydrogens (tertiary/aromatic N) is 2. The molecule has 1 aromatic carbocycles. The van der Waals surface area contributed by atoms with Crippen molar-refractivity contribution in [2.24, 2.45) is 0 Å². The Labute approximate surface area is 206 Å². The number of benzene rings is 1. The van der Waals surface area contributed by atoms with E-state index in [0.717, 1.165) is 19.6 Å². The lowest BCUT2D eigenvalue weighted by molar-refractivity contribution is -0.146.